The summed E-state index contributed by atoms with van der Waals surface area (Å²) in [6.45, 7) is 0.737. The third kappa shape index (κ3) is 3.25. The van der Waals surface area contributed by atoms with E-state index in [0.29, 0.717) is 13.2 Å². The largest absolute Gasteiger partial charge is 0.395 e. The zero-order chi connectivity index (χ0) is 13.5. The Morgan fingerprint density at radius 3 is 2.83 bits per heavy atom. The van der Waals surface area contributed by atoms with Crippen LogP contribution in [0.1, 0.15) is 0 Å². The molecule has 0 saturated carbocycles. The Kier molecular flexibility index (Phi) is 5.21. The molecular formula is C9H15N5O4. The topological polar surface area (TPSA) is 128 Å². The van der Waals surface area contributed by atoms with Crippen LogP contribution >= 0.6 is 0 Å². The molecule has 9 nitrogen and oxygen atoms in total. The number of nitrogens with two attached hydrogens (primary N) is 1. The van der Waals surface area contributed by atoms with E-state index in [2.05, 4.69) is 9.97 Å². The molecule has 0 bridgehead atoms. The van der Waals surface area contributed by atoms with Crippen LogP contribution in [0.3, 0.4) is 0 Å². The van der Waals surface area contributed by atoms with Crippen molar-refractivity contribution >= 4 is 17.3 Å². The minimum Gasteiger partial charge on any atom is -0.395 e. The number of aliphatic hydroxyl groups excluding tert-OH is 1. The van der Waals surface area contributed by atoms with Gasteiger partial charge in [-0.15, -0.1) is 0 Å². The molecule has 0 fully saturated rings. The average Bonchev–Trinajstić information content (AvgIpc) is 2.33. The van der Waals surface area contributed by atoms with E-state index >= 15 is 0 Å². The van der Waals surface area contributed by atoms with Crippen LogP contribution in [0.15, 0.2) is 6.33 Å². The number of aromatic nitrogens is 2. The van der Waals surface area contributed by atoms with Crippen molar-refractivity contribution in [3.05, 3.63) is 16.4 Å². The van der Waals surface area contributed by atoms with Gasteiger partial charge in [0, 0.05) is 20.2 Å². The summed E-state index contributed by atoms with van der Waals surface area (Å²) in [5, 5.41) is 19.9. The Morgan fingerprint density at radius 2 is 2.28 bits per heavy atom. The number of nitro groups is 1. The molecule has 0 amide bonds. The van der Waals surface area contributed by atoms with Crippen LogP contribution in [0.5, 0.6) is 0 Å². The van der Waals surface area contributed by atoms with Gasteiger partial charge in [0.05, 0.1) is 18.1 Å². The normalized spacial score (nSPS) is 10.3. The Bertz CT molecular complexity index is 414. The van der Waals surface area contributed by atoms with Crippen LogP contribution in [0.2, 0.25) is 0 Å². The first-order valence-electron chi connectivity index (χ1n) is 5.21. The van der Waals surface area contributed by atoms with Crippen molar-refractivity contribution in [3.63, 3.8) is 0 Å². The summed E-state index contributed by atoms with van der Waals surface area (Å²) in [5.74, 6) is -0.121. The SMILES string of the molecule is COCCN(CCO)c1ncnc(N)c1[N+](=O)[O-]. The minimum absolute atomic E-state index is 0.0820. The van der Waals surface area contributed by atoms with Crippen LogP contribution < -0.4 is 10.6 Å². The van der Waals surface area contributed by atoms with Crippen molar-refractivity contribution in [2.24, 2.45) is 0 Å². The van der Waals surface area contributed by atoms with Gasteiger partial charge < -0.3 is 20.5 Å². The monoisotopic (exact) mass is 257 g/mol. The minimum atomic E-state index is -0.637. The second-order valence-corrected chi connectivity index (χ2v) is 3.39. The maximum Gasteiger partial charge on any atom is 0.353 e. The van der Waals surface area contributed by atoms with Gasteiger partial charge in [0.2, 0.25) is 11.6 Å². The zero-order valence-electron chi connectivity index (χ0n) is 9.94. The first kappa shape index (κ1) is 14.1. The van der Waals surface area contributed by atoms with E-state index in [1.54, 1.807) is 0 Å². The number of methoxy groups -OCH3 is 1. The zero-order valence-corrected chi connectivity index (χ0v) is 9.94. The van der Waals surface area contributed by atoms with Gasteiger partial charge in [0.25, 0.3) is 0 Å². The third-order valence-corrected chi connectivity index (χ3v) is 2.25. The highest BCUT2D eigenvalue weighted by Gasteiger charge is 2.25. The number of hydrogen-bond donors (Lipinski definition) is 2. The molecule has 9 heteroatoms. The van der Waals surface area contributed by atoms with Gasteiger partial charge >= 0.3 is 5.69 Å². The molecule has 0 saturated heterocycles. The van der Waals surface area contributed by atoms with Crippen LogP contribution in [-0.4, -0.2) is 53.4 Å². The highest BCUT2D eigenvalue weighted by atomic mass is 16.6. The van der Waals surface area contributed by atoms with E-state index in [4.69, 9.17) is 15.6 Å². The lowest BCUT2D eigenvalue weighted by Gasteiger charge is -2.21. The van der Waals surface area contributed by atoms with Gasteiger partial charge in [-0.25, -0.2) is 9.97 Å². The number of hydrogen-bond acceptors (Lipinski definition) is 8. The lowest BCUT2D eigenvalue weighted by atomic mass is 10.3. The van der Waals surface area contributed by atoms with Crippen LogP contribution in [0.25, 0.3) is 0 Å². The van der Waals surface area contributed by atoms with Gasteiger partial charge in [-0.2, -0.15) is 0 Å². The molecular weight excluding hydrogens is 242 g/mol. The molecule has 0 aliphatic carbocycles. The fourth-order valence-corrected chi connectivity index (χ4v) is 1.43. The standard InChI is InChI=1S/C9H15N5O4/c1-18-5-3-13(2-4-15)9-7(14(16)17)8(10)11-6-12-9/h6,15H,2-5H2,1H3,(H2,10,11,12). The second kappa shape index (κ2) is 6.67. The lowest BCUT2D eigenvalue weighted by molar-refractivity contribution is -0.383. The van der Waals surface area contributed by atoms with E-state index in [0.717, 1.165) is 6.33 Å². The van der Waals surface area contributed by atoms with Gasteiger partial charge in [-0.05, 0) is 0 Å². The molecule has 0 atom stereocenters. The van der Waals surface area contributed by atoms with E-state index in [9.17, 15) is 10.1 Å². The van der Waals surface area contributed by atoms with Crippen molar-refractivity contribution in [1.82, 2.24) is 9.97 Å². The van der Waals surface area contributed by atoms with Crippen molar-refractivity contribution in [2.75, 3.05) is 44.0 Å². The van der Waals surface area contributed by atoms with Crippen LogP contribution in [0, 0.1) is 10.1 Å². The molecule has 1 heterocycles. The summed E-state index contributed by atoms with van der Waals surface area (Å²) >= 11 is 0. The van der Waals surface area contributed by atoms with Crippen LogP contribution in [-0.2, 0) is 4.74 Å². The van der Waals surface area contributed by atoms with Crippen molar-refractivity contribution in [1.29, 1.82) is 0 Å². The van der Waals surface area contributed by atoms with E-state index < -0.39 is 4.92 Å². The number of ether oxygens (including phenoxy) is 1. The summed E-state index contributed by atoms with van der Waals surface area (Å²) in [7, 11) is 1.51. The fraction of sp³-hybridized carbons (Fsp3) is 0.556. The molecule has 100 valence electrons. The van der Waals surface area contributed by atoms with Gasteiger partial charge in [0.1, 0.15) is 6.33 Å². The Balaban J connectivity index is 3.10. The van der Waals surface area contributed by atoms with E-state index in [1.807, 2.05) is 0 Å². The number of nitrogens with zero attached hydrogens (tertiary/aromatic N) is 4. The molecule has 0 radical (unpaired) electrons. The molecule has 0 unspecified atom stereocenters. The molecule has 0 aliphatic heterocycles. The molecule has 0 aromatic carbocycles. The number of rotatable bonds is 7. The summed E-state index contributed by atoms with van der Waals surface area (Å²) in [6.07, 6.45) is 1.15. The average molecular weight is 257 g/mol. The Hall–Kier alpha value is -2.00. The summed E-state index contributed by atoms with van der Waals surface area (Å²) in [4.78, 5) is 19.3. The maximum absolute atomic E-state index is 11.0. The molecule has 18 heavy (non-hydrogen) atoms. The van der Waals surface area contributed by atoms with Gasteiger partial charge in [-0.1, -0.05) is 0 Å². The summed E-state index contributed by atoms with van der Waals surface area (Å²) in [6, 6.07) is 0. The van der Waals surface area contributed by atoms with E-state index in [1.165, 1.54) is 12.0 Å². The first-order chi connectivity index (χ1) is 8.61. The molecule has 0 aliphatic rings. The number of aliphatic hydroxyl groups is 1. The number of nitrogen functional groups attached to an aromatic ring is 1. The summed E-state index contributed by atoms with van der Waals surface area (Å²) in [5.41, 5.74) is 5.11. The molecule has 1 rings (SSSR count). The Morgan fingerprint density at radius 1 is 1.56 bits per heavy atom. The first-order valence-corrected chi connectivity index (χ1v) is 5.21. The molecule has 1 aromatic rings. The molecule has 3 N–H and O–H groups in total. The smallest absolute Gasteiger partial charge is 0.353 e. The predicted molar refractivity (Wildman–Crippen MR) is 64.3 cm³/mol. The fourth-order valence-electron chi connectivity index (χ4n) is 1.43. The highest BCUT2D eigenvalue weighted by molar-refractivity contribution is 5.68. The molecule has 0 spiro atoms. The van der Waals surface area contributed by atoms with Crippen molar-refractivity contribution in [2.45, 2.75) is 0 Å². The van der Waals surface area contributed by atoms with Gasteiger partial charge in [-0.3, -0.25) is 10.1 Å². The second-order valence-electron chi connectivity index (χ2n) is 3.39. The van der Waals surface area contributed by atoms with E-state index in [-0.39, 0.29) is 30.5 Å². The summed E-state index contributed by atoms with van der Waals surface area (Å²) < 4.78 is 4.90. The highest BCUT2D eigenvalue weighted by Crippen LogP contribution is 2.29. The van der Waals surface area contributed by atoms with Crippen LogP contribution in [0.4, 0.5) is 17.3 Å². The maximum atomic E-state index is 11.0. The molecule has 1 aromatic heterocycles. The van der Waals surface area contributed by atoms with Gasteiger partial charge in [0.15, 0.2) is 0 Å². The quantitative estimate of drug-likeness (QED) is 0.490. The lowest BCUT2D eigenvalue weighted by Crippen LogP contribution is -2.31. The predicted octanol–water partition coefficient (Wildman–Crippen LogP) is -0.588. The Labute approximate surface area is 103 Å². The number of anilines is 2. The van der Waals surface area contributed by atoms with Crippen molar-refractivity contribution < 1.29 is 14.8 Å². The van der Waals surface area contributed by atoms with Crippen molar-refractivity contribution in [3.8, 4) is 0 Å². The third-order valence-electron chi connectivity index (χ3n) is 2.25.